The third kappa shape index (κ3) is 3.27. The number of hydrogen-bond donors (Lipinski definition) is 1. The van der Waals surface area contributed by atoms with Crippen LogP contribution in [0.4, 0.5) is 4.39 Å². The van der Waals surface area contributed by atoms with Crippen LogP contribution >= 0.6 is 0 Å². The highest BCUT2D eigenvalue weighted by molar-refractivity contribution is 5.30. The number of benzene rings is 1. The van der Waals surface area contributed by atoms with E-state index < -0.39 is 0 Å². The standard InChI is InChI=1S/C12H15FN4O/c1-17-7-11(15-16-17)8-18-12-5-9(2-3-14)4-10(13)6-12/h4-7H,2-3,8,14H2,1H3. The molecule has 1 heterocycles. The first-order chi connectivity index (χ1) is 8.67. The van der Waals surface area contributed by atoms with Gasteiger partial charge in [0.2, 0.25) is 0 Å². The molecule has 1 aromatic heterocycles. The Hall–Kier alpha value is -1.95. The highest BCUT2D eigenvalue weighted by Gasteiger charge is 2.04. The number of aromatic nitrogens is 3. The Morgan fingerprint density at radius 1 is 1.39 bits per heavy atom. The van der Waals surface area contributed by atoms with Crippen molar-refractivity contribution in [3.05, 3.63) is 41.5 Å². The van der Waals surface area contributed by atoms with E-state index in [2.05, 4.69) is 10.3 Å². The highest BCUT2D eigenvalue weighted by Crippen LogP contribution is 2.17. The van der Waals surface area contributed by atoms with Crippen molar-refractivity contribution < 1.29 is 9.13 Å². The summed E-state index contributed by atoms with van der Waals surface area (Å²) in [6, 6.07) is 4.59. The zero-order chi connectivity index (χ0) is 13.0. The molecule has 18 heavy (non-hydrogen) atoms. The van der Waals surface area contributed by atoms with Gasteiger partial charge in [0.05, 0.1) is 6.20 Å². The van der Waals surface area contributed by atoms with Crippen LogP contribution in [0, 0.1) is 5.82 Å². The van der Waals surface area contributed by atoms with Crippen LogP contribution in [-0.4, -0.2) is 21.5 Å². The van der Waals surface area contributed by atoms with E-state index in [1.807, 2.05) is 0 Å². The Morgan fingerprint density at radius 3 is 2.89 bits per heavy atom. The summed E-state index contributed by atoms with van der Waals surface area (Å²) < 4.78 is 20.4. The summed E-state index contributed by atoms with van der Waals surface area (Å²) in [6.45, 7) is 0.742. The average Bonchev–Trinajstić information content (AvgIpc) is 2.72. The first-order valence-corrected chi connectivity index (χ1v) is 5.65. The van der Waals surface area contributed by atoms with Crippen molar-refractivity contribution in [1.29, 1.82) is 0 Å². The van der Waals surface area contributed by atoms with Gasteiger partial charge >= 0.3 is 0 Å². The minimum atomic E-state index is -0.324. The largest absolute Gasteiger partial charge is 0.487 e. The van der Waals surface area contributed by atoms with E-state index >= 15 is 0 Å². The first kappa shape index (κ1) is 12.5. The van der Waals surface area contributed by atoms with Gasteiger partial charge in [-0.25, -0.2) is 4.39 Å². The zero-order valence-corrected chi connectivity index (χ0v) is 10.1. The Bertz CT molecular complexity index is 527. The maximum absolute atomic E-state index is 13.3. The number of ether oxygens (including phenoxy) is 1. The summed E-state index contributed by atoms with van der Waals surface area (Å²) >= 11 is 0. The highest BCUT2D eigenvalue weighted by atomic mass is 19.1. The smallest absolute Gasteiger partial charge is 0.134 e. The van der Waals surface area contributed by atoms with Gasteiger partial charge in [-0.05, 0) is 30.7 Å². The van der Waals surface area contributed by atoms with Crippen LogP contribution in [0.3, 0.4) is 0 Å². The maximum atomic E-state index is 13.3. The molecule has 2 rings (SSSR count). The van der Waals surface area contributed by atoms with Gasteiger partial charge in [0, 0.05) is 13.1 Å². The minimum absolute atomic E-state index is 0.263. The van der Waals surface area contributed by atoms with E-state index in [-0.39, 0.29) is 12.4 Å². The van der Waals surface area contributed by atoms with Gasteiger partial charge in [0.25, 0.3) is 0 Å². The average molecular weight is 250 g/mol. The number of hydrogen-bond acceptors (Lipinski definition) is 4. The van der Waals surface area contributed by atoms with Gasteiger partial charge in [0.15, 0.2) is 0 Å². The normalized spacial score (nSPS) is 10.6. The molecule has 0 fully saturated rings. The molecular formula is C12H15FN4O. The van der Waals surface area contributed by atoms with Crippen LogP contribution in [0.15, 0.2) is 24.4 Å². The van der Waals surface area contributed by atoms with E-state index in [0.29, 0.717) is 24.4 Å². The Morgan fingerprint density at radius 2 is 2.22 bits per heavy atom. The summed E-state index contributed by atoms with van der Waals surface area (Å²) in [4.78, 5) is 0. The molecule has 6 heteroatoms. The fraction of sp³-hybridized carbons (Fsp3) is 0.333. The summed E-state index contributed by atoms with van der Waals surface area (Å²) in [5.41, 5.74) is 6.97. The van der Waals surface area contributed by atoms with E-state index in [1.165, 1.54) is 12.1 Å². The van der Waals surface area contributed by atoms with Gasteiger partial charge in [-0.3, -0.25) is 4.68 Å². The summed E-state index contributed by atoms with van der Waals surface area (Å²) in [5, 5.41) is 7.68. The number of nitrogens with zero attached hydrogens (tertiary/aromatic N) is 3. The fourth-order valence-corrected chi connectivity index (χ4v) is 1.63. The predicted molar refractivity (Wildman–Crippen MR) is 64.5 cm³/mol. The lowest BCUT2D eigenvalue weighted by atomic mass is 10.1. The molecule has 0 saturated carbocycles. The second kappa shape index (κ2) is 5.59. The van der Waals surface area contributed by atoms with Gasteiger partial charge in [-0.1, -0.05) is 5.21 Å². The topological polar surface area (TPSA) is 66.0 Å². The Kier molecular flexibility index (Phi) is 3.88. The Labute approximate surface area is 104 Å². The lowest BCUT2D eigenvalue weighted by Crippen LogP contribution is -2.04. The third-order valence-electron chi connectivity index (χ3n) is 2.40. The van der Waals surface area contributed by atoms with Crippen LogP contribution in [-0.2, 0) is 20.1 Å². The molecule has 2 aromatic rings. The van der Waals surface area contributed by atoms with Crippen LogP contribution in [0.1, 0.15) is 11.3 Å². The lowest BCUT2D eigenvalue weighted by Gasteiger charge is -2.06. The second-order valence-corrected chi connectivity index (χ2v) is 4.01. The van der Waals surface area contributed by atoms with Gasteiger partial charge in [0.1, 0.15) is 23.9 Å². The van der Waals surface area contributed by atoms with Gasteiger partial charge in [-0.15, -0.1) is 5.10 Å². The number of rotatable bonds is 5. The summed E-state index contributed by atoms with van der Waals surface area (Å²) in [7, 11) is 1.78. The van der Waals surface area contributed by atoms with Crippen molar-refractivity contribution in [3.8, 4) is 5.75 Å². The van der Waals surface area contributed by atoms with Crippen molar-refractivity contribution in [3.63, 3.8) is 0 Å². The van der Waals surface area contributed by atoms with Crippen molar-refractivity contribution in [1.82, 2.24) is 15.0 Å². The number of nitrogens with two attached hydrogens (primary N) is 1. The van der Waals surface area contributed by atoms with Crippen molar-refractivity contribution in [2.75, 3.05) is 6.54 Å². The monoisotopic (exact) mass is 250 g/mol. The van der Waals surface area contributed by atoms with Crippen LogP contribution in [0.2, 0.25) is 0 Å². The molecule has 5 nitrogen and oxygen atoms in total. The molecule has 0 aliphatic heterocycles. The molecule has 0 radical (unpaired) electrons. The summed E-state index contributed by atoms with van der Waals surface area (Å²) in [5.74, 6) is 0.152. The molecule has 0 saturated heterocycles. The molecular weight excluding hydrogens is 235 g/mol. The molecule has 1 aromatic carbocycles. The van der Waals surface area contributed by atoms with Crippen molar-refractivity contribution in [2.45, 2.75) is 13.0 Å². The quantitative estimate of drug-likeness (QED) is 0.861. The predicted octanol–water partition coefficient (Wildman–Crippen LogP) is 1.03. The lowest BCUT2D eigenvalue weighted by molar-refractivity contribution is 0.299. The van der Waals surface area contributed by atoms with Gasteiger partial charge < -0.3 is 10.5 Å². The molecule has 0 aliphatic carbocycles. The fourth-order valence-electron chi connectivity index (χ4n) is 1.63. The molecule has 0 unspecified atom stereocenters. The zero-order valence-electron chi connectivity index (χ0n) is 10.1. The first-order valence-electron chi connectivity index (χ1n) is 5.65. The molecule has 0 bridgehead atoms. The molecule has 0 amide bonds. The van der Waals surface area contributed by atoms with E-state index in [0.717, 1.165) is 5.56 Å². The van der Waals surface area contributed by atoms with Crippen LogP contribution in [0.5, 0.6) is 5.75 Å². The minimum Gasteiger partial charge on any atom is -0.487 e. The molecule has 96 valence electrons. The van der Waals surface area contributed by atoms with Crippen molar-refractivity contribution in [2.24, 2.45) is 12.8 Å². The number of aryl methyl sites for hydroxylation is 1. The third-order valence-corrected chi connectivity index (χ3v) is 2.40. The van der Waals surface area contributed by atoms with Crippen LogP contribution in [0.25, 0.3) is 0 Å². The molecule has 2 N–H and O–H groups in total. The van der Waals surface area contributed by atoms with E-state index in [4.69, 9.17) is 10.5 Å². The second-order valence-electron chi connectivity index (χ2n) is 4.01. The van der Waals surface area contributed by atoms with E-state index in [9.17, 15) is 4.39 Å². The SMILES string of the molecule is Cn1cc(COc2cc(F)cc(CCN)c2)nn1. The summed E-state index contributed by atoms with van der Waals surface area (Å²) in [6.07, 6.45) is 2.37. The molecule has 0 spiro atoms. The van der Waals surface area contributed by atoms with E-state index in [1.54, 1.807) is 24.0 Å². The Balaban J connectivity index is 2.04. The maximum Gasteiger partial charge on any atom is 0.134 e. The van der Waals surface area contributed by atoms with Crippen molar-refractivity contribution >= 4 is 0 Å². The van der Waals surface area contributed by atoms with Crippen LogP contribution < -0.4 is 10.5 Å². The van der Waals surface area contributed by atoms with Gasteiger partial charge in [-0.2, -0.15) is 0 Å². The molecule has 0 aliphatic rings. The molecule has 0 atom stereocenters. The number of halogens is 1.